The van der Waals surface area contributed by atoms with Crippen LogP contribution in [0.3, 0.4) is 0 Å². The molecule has 1 fully saturated rings. The van der Waals surface area contributed by atoms with E-state index in [1.807, 2.05) is 24.5 Å². The molecule has 3 rings (SSSR count). The zero-order valence-electron chi connectivity index (χ0n) is 12.0. The summed E-state index contributed by atoms with van der Waals surface area (Å²) in [5.74, 6) is 1.59. The molecule has 0 amide bonds. The summed E-state index contributed by atoms with van der Waals surface area (Å²) in [5, 5.41) is 3.55. The first-order chi connectivity index (χ1) is 9.74. The van der Waals surface area contributed by atoms with Gasteiger partial charge in [0.1, 0.15) is 5.75 Å². The highest BCUT2D eigenvalue weighted by molar-refractivity contribution is 5.44. The number of benzene rings is 1. The van der Waals surface area contributed by atoms with E-state index in [9.17, 15) is 0 Å². The topological polar surface area (TPSA) is 34.1 Å². The third kappa shape index (κ3) is 2.77. The van der Waals surface area contributed by atoms with E-state index in [0.29, 0.717) is 12.0 Å². The van der Waals surface area contributed by atoms with Gasteiger partial charge in [-0.15, -0.1) is 0 Å². The molecule has 1 aliphatic carbocycles. The van der Waals surface area contributed by atoms with E-state index in [4.69, 9.17) is 4.74 Å². The highest BCUT2D eigenvalue weighted by atomic mass is 16.5. The monoisotopic (exact) mass is 268 g/mol. The first-order valence-electron chi connectivity index (χ1n) is 7.07. The molecule has 1 aromatic carbocycles. The number of aromatic nitrogens is 1. The Hall–Kier alpha value is -2.03. The van der Waals surface area contributed by atoms with Crippen molar-refractivity contribution in [2.75, 3.05) is 12.4 Å². The zero-order valence-corrected chi connectivity index (χ0v) is 12.0. The van der Waals surface area contributed by atoms with Gasteiger partial charge in [0.05, 0.1) is 12.8 Å². The first kappa shape index (κ1) is 13.0. The second kappa shape index (κ2) is 5.53. The van der Waals surface area contributed by atoms with Crippen molar-refractivity contribution in [2.24, 2.45) is 0 Å². The molecule has 1 saturated carbocycles. The van der Waals surface area contributed by atoms with E-state index in [1.165, 1.54) is 24.0 Å². The van der Waals surface area contributed by atoms with Crippen LogP contribution in [-0.2, 0) is 0 Å². The number of pyridine rings is 1. The number of anilines is 1. The number of hydrogen-bond acceptors (Lipinski definition) is 3. The molecule has 1 N–H and O–H groups in total. The molecule has 0 radical (unpaired) electrons. The van der Waals surface area contributed by atoms with Crippen LogP contribution in [-0.4, -0.2) is 18.1 Å². The fraction of sp³-hybridized carbons (Fsp3) is 0.353. The van der Waals surface area contributed by atoms with Crippen LogP contribution in [0.25, 0.3) is 0 Å². The lowest BCUT2D eigenvalue weighted by molar-refractivity contribution is 0.373. The van der Waals surface area contributed by atoms with Crippen molar-refractivity contribution in [3.05, 3.63) is 53.9 Å². The van der Waals surface area contributed by atoms with Crippen molar-refractivity contribution in [2.45, 2.75) is 31.7 Å². The third-order valence-corrected chi connectivity index (χ3v) is 3.97. The predicted octanol–water partition coefficient (Wildman–Crippen LogP) is 3.76. The number of nitrogens with zero attached hydrogens (tertiary/aromatic N) is 1. The normalized spacial score (nSPS) is 21.1. The Morgan fingerprint density at radius 3 is 2.55 bits per heavy atom. The quantitative estimate of drug-likeness (QED) is 0.916. The van der Waals surface area contributed by atoms with Gasteiger partial charge in [-0.25, -0.2) is 0 Å². The van der Waals surface area contributed by atoms with Crippen LogP contribution in [0.5, 0.6) is 5.75 Å². The van der Waals surface area contributed by atoms with Gasteiger partial charge in [-0.1, -0.05) is 12.1 Å². The highest BCUT2D eigenvalue weighted by Crippen LogP contribution is 2.38. The lowest BCUT2D eigenvalue weighted by atomic mass is 9.76. The summed E-state index contributed by atoms with van der Waals surface area (Å²) in [4.78, 5) is 4.22. The third-order valence-electron chi connectivity index (χ3n) is 3.97. The molecule has 0 atom stereocenters. The Labute approximate surface area is 120 Å². The lowest BCUT2D eigenvalue weighted by Crippen LogP contribution is -2.34. The van der Waals surface area contributed by atoms with Crippen molar-refractivity contribution >= 4 is 5.69 Å². The number of methoxy groups -OCH3 is 1. The molecule has 3 nitrogen and oxygen atoms in total. The van der Waals surface area contributed by atoms with Gasteiger partial charge in [0.2, 0.25) is 0 Å². The largest absolute Gasteiger partial charge is 0.497 e. The smallest absolute Gasteiger partial charge is 0.118 e. The van der Waals surface area contributed by atoms with Crippen molar-refractivity contribution < 1.29 is 4.74 Å². The van der Waals surface area contributed by atoms with Gasteiger partial charge in [0.15, 0.2) is 0 Å². The summed E-state index contributed by atoms with van der Waals surface area (Å²) >= 11 is 0. The van der Waals surface area contributed by atoms with Crippen LogP contribution in [0, 0.1) is 6.92 Å². The minimum absolute atomic E-state index is 0.561. The van der Waals surface area contributed by atoms with Gasteiger partial charge in [-0.05, 0) is 55.0 Å². The molecule has 104 valence electrons. The number of nitrogens with one attached hydrogen (secondary N) is 1. The molecule has 1 heterocycles. The molecule has 1 aliphatic rings. The molecule has 0 aliphatic heterocycles. The maximum Gasteiger partial charge on any atom is 0.118 e. The molecular weight excluding hydrogens is 248 g/mol. The summed E-state index contributed by atoms with van der Waals surface area (Å²) in [5.41, 5.74) is 3.73. The average Bonchev–Trinajstić information content (AvgIpc) is 2.43. The van der Waals surface area contributed by atoms with Gasteiger partial charge in [-0.2, -0.15) is 0 Å². The fourth-order valence-corrected chi connectivity index (χ4v) is 2.75. The second-order valence-corrected chi connectivity index (χ2v) is 5.53. The summed E-state index contributed by atoms with van der Waals surface area (Å²) in [6.07, 6.45) is 6.14. The Bertz CT molecular complexity index is 574. The van der Waals surface area contributed by atoms with Gasteiger partial charge >= 0.3 is 0 Å². The van der Waals surface area contributed by atoms with Crippen LogP contribution in [0.15, 0.2) is 42.7 Å². The number of ether oxygens (including phenoxy) is 1. The van der Waals surface area contributed by atoms with E-state index in [0.717, 1.165) is 11.4 Å². The Morgan fingerprint density at radius 2 is 1.90 bits per heavy atom. The molecule has 1 aromatic heterocycles. The first-order valence-corrected chi connectivity index (χ1v) is 7.07. The molecule has 0 saturated heterocycles. The molecule has 0 spiro atoms. The van der Waals surface area contributed by atoms with Crippen LogP contribution >= 0.6 is 0 Å². The zero-order chi connectivity index (χ0) is 13.9. The SMILES string of the molecule is COc1ccc(C2CC(Nc3cncc(C)c3)C2)cc1. The minimum Gasteiger partial charge on any atom is -0.497 e. The summed E-state index contributed by atoms with van der Waals surface area (Å²) in [6.45, 7) is 2.07. The van der Waals surface area contributed by atoms with Crippen LogP contribution in [0.1, 0.15) is 29.9 Å². The maximum atomic E-state index is 5.19. The van der Waals surface area contributed by atoms with Crippen molar-refractivity contribution in [1.82, 2.24) is 4.98 Å². The standard InChI is InChI=1S/C17H20N2O/c1-12-7-16(11-18-10-12)19-15-8-14(9-15)13-3-5-17(20-2)6-4-13/h3-7,10-11,14-15,19H,8-9H2,1-2H3. The van der Waals surface area contributed by atoms with Crippen LogP contribution < -0.4 is 10.1 Å². The van der Waals surface area contributed by atoms with Crippen molar-refractivity contribution in [1.29, 1.82) is 0 Å². The minimum atomic E-state index is 0.561. The Morgan fingerprint density at radius 1 is 1.15 bits per heavy atom. The Balaban J connectivity index is 1.55. The molecule has 2 aromatic rings. The van der Waals surface area contributed by atoms with Crippen molar-refractivity contribution in [3.8, 4) is 5.75 Å². The summed E-state index contributed by atoms with van der Waals surface area (Å²) < 4.78 is 5.19. The lowest BCUT2D eigenvalue weighted by Gasteiger charge is -2.37. The number of hydrogen-bond donors (Lipinski definition) is 1. The van der Waals surface area contributed by atoms with E-state index >= 15 is 0 Å². The van der Waals surface area contributed by atoms with Crippen LogP contribution in [0.2, 0.25) is 0 Å². The molecule has 3 heteroatoms. The molecular formula is C17H20N2O. The molecule has 20 heavy (non-hydrogen) atoms. The summed E-state index contributed by atoms with van der Waals surface area (Å²) in [6, 6.07) is 11.1. The maximum absolute atomic E-state index is 5.19. The average molecular weight is 268 g/mol. The Kier molecular flexibility index (Phi) is 3.59. The fourth-order valence-electron chi connectivity index (χ4n) is 2.75. The molecule has 0 unspecified atom stereocenters. The highest BCUT2D eigenvalue weighted by Gasteiger charge is 2.30. The number of rotatable bonds is 4. The van der Waals surface area contributed by atoms with E-state index < -0.39 is 0 Å². The van der Waals surface area contributed by atoms with Gasteiger partial charge in [-0.3, -0.25) is 4.98 Å². The second-order valence-electron chi connectivity index (χ2n) is 5.53. The van der Waals surface area contributed by atoms with E-state index in [2.05, 4.69) is 35.4 Å². The van der Waals surface area contributed by atoms with Crippen LogP contribution in [0.4, 0.5) is 5.69 Å². The molecule has 0 bridgehead atoms. The number of aryl methyl sites for hydroxylation is 1. The van der Waals surface area contributed by atoms with E-state index in [-0.39, 0.29) is 0 Å². The summed E-state index contributed by atoms with van der Waals surface area (Å²) in [7, 11) is 1.70. The van der Waals surface area contributed by atoms with Gasteiger partial charge < -0.3 is 10.1 Å². The predicted molar refractivity (Wildman–Crippen MR) is 81.4 cm³/mol. The van der Waals surface area contributed by atoms with E-state index in [1.54, 1.807) is 7.11 Å². The van der Waals surface area contributed by atoms with Gasteiger partial charge in [0.25, 0.3) is 0 Å². The van der Waals surface area contributed by atoms with Gasteiger partial charge in [0, 0.05) is 18.4 Å². The van der Waals surface area contributed by atoms with Crippen molar-refractivity contribution in [3.63, 3.8) is 0 Å².